The topological polar surface area (TPSA) is 54.0 Å². The van der Waals surface area contributed by atoms with Crippen LogP contribution in [0.5, 0.6) is 0 Å². The highest BCUT2D eigenvalue weighted by Gasteiger charge is 2.50. The number of fused-ring (bicyclic) bond motifs is 1. The minimum absolute atomic E-state index is 0.164. The molecule has 0 saturated carbocycles. The van der Waals surface area contributed by atoms with Crippen LogP contribution >= 0.6 is 0 Å². The summed E-state index contributed by atoms with van der Waals surface area (Å²) in [5.74, 6) is -0.880. The summed E-state index contributed by atoms with van der Waals surface area (Å²) in [7, 11) is 0. The molecule has 2 aliphatic heterocycles. The molecule has 0 aliphatic carbocycles. The molecule has 0 spiro atoms. The van der Waals surface area contributed by atoms with E-state index in [9.17, 15) is 4.79 Å². The molecule has 5 heteroatoms. The lowest BCUT2D eigenvalue weighted by atomic mass is 10.1. The van der Waals surface area contributed by atoms with Crippen LogP contribution in [0.2, 0.25) is 0 Å². The van der Waals surface area contributed by atoms with Crippen molar-refractivity contribution in [3.05, 3.63) is 0 Å². The third kappa shape index (κ3) is 2.85. The Bertz CT molecular complexity index is 289. The lowest BCUT2D eigenvalue weighted by Crippen LogP contribution is -2.49. The maximum Gasteiger partial charge on any atom is 0.220 e. The van der Waals surface area contributed by atoms with E-state index in [1.165, 1.54) is 0 Å². The molecule has 3 atom stereocenters. The summed E-state index contributed by atoms with van der Waals surface area (Å²) in [6.45, 7) is 6.54. The van der Waals surface area contributed by atoms with Crippen molar-refractivity contribution in [3.63, 3.8) is 0 Å². The fourth-order valence-corrected chi connectivity index (χ4v) is 2.06. The first-order chi connectivity index (χ1) is 8.03. The van der Waals surface area contributed by atoms with Gasteiger partial charge >= 0.3 is 0 Å². The molecule has 0 aromatic heterocycles. The highest BCUT2D eigenvalue weighted by atomic mass is 16.8. The molecule has 3 unspecified atom stereocenters. The lowest BCUT2D eigenvalue weighted by molar-refractivity contribution is -0.197. The average Bonchev–Trinajstić information content (AvgIpc) is 2.58. The molecule has 0 bridgehead atoms. The van der Waals surface area contributed by atoms with Gasteiger partial charge in [-0.1, -0.05) is 13.3 Å². The monoisotopic (exact) mass is 244 g/mol. The number of ether oxygens (including phenoxy) is 4. The minimum atomic E-state index is -0.791. The summed E-state index contributed by atoms with van der Waals surface area (Å²) in [4.78, 5) is 12.0. The van der Waals surface area contributed by atoms with Gasteiger partial charge < -0.3 is 18.9 Å². The van der Waals surface area contributed by atoms with E-state index < -0.39 is 18.2 Å². The number of rotatable bonds is 4. The molecule has 2 aliphatic rings. The van der Waals surface area contributed by atoms with Crippen LogP contribution in [-0.2, 0) is 23.7 Å². The summed E-state index contributed by atoms with van der Waals surface area (Å²) in [5.41, 5.74) is 0. The first kappa shape index (κ1) is 13.0. The largest absolute Gasteiger partial charge is 0.346 e. The second-order valence-electron chi connectivity index (χ2n) is 4.89. The second kappa shape index (κ2) is 5.02. The summed E-state index contributed by atoms with van der Waals surface area (Å²) in [6.07, 6.45) is 0.304. The highest BCUT2D eigenvalue weighted by Crippen LogP contribution is 2.32. The number of Topliss-reactive ketones (excluding diaryl/α,β-unsaturated/α-hetero) is 1. The first-order valence-corrected chi connectivity index (χ1v) is 6.16. The van der Waals surface area contributed by atoms with Gasteiger partial charge in [-0.3, -0.25) is 4.79 Å². The predicted octanol–water partition coefficient (Wildman–Crippen LogP) is 1.25. The normalized spacial score (nSPS) is 35.9. The van der Waals surface area contributed by atoms with Gasteiger partial charge in [-0.05, 0) is 20.3 Å². The van der Waals surface area contributed by atoms with Crippen molar-refractivity contribution in [1.29, 1.82) is 0 Å². The zero-order valence-corrected chi connectivity index (χ0v) is 10.6. The molecule has 0 radical (unpaired) electrons. The van der Waals surface area contributed by atoms with Gasteiger partial charge in [0.2, 0.25) is 12.1 Å². The first-order valence-electron chi connectivity index (χ1n) is 6.16. The van der Waals surface area contributed by atoms with Crippen molar-refractivity contribution >= 4 is 5.78 Å². The number of ketones is 1. The zero-order chi connectivity index (χ0) is 12.5. The lowest BCUT2D eigenvalue weighted by Gasteiger charge is -2.28. The minimum Gasteiger partial charge on any atom is -0.346 e. The molecular weight excluding hydrogens is 224 g/mol. The van der Waals surface area contributed by atoms with Crippen LogP contribution in [-0.4, -0.2) is 43.3 Å². The van der Waals surface area contributed by atoms with E-state index in [0.29, 0.717) is 13.2 Å². The van der Waals surface area contributed by atoms with Crippen LogP contribution < -0.4 is 0 Å². The smallest absolute Gasteiger partial charge is 0.220 e. The molecule has 0 N–H and O–H groups in total. The Morgan fingerprint density at radius 2 is 2.18 bits per heavy atom. The molecule has 2 rings (SSSR count). The maximum atomic E-state index is 12.0. The summed E-state index contributed by atoms with van der Waals surface area (Å²) >= 11 is 0. The van der Waals surface area contributed by atoms with Gasteiger partial charge in [0.1, 0.15) is 6.10 Å². The van der Waals surface area contributed by atoms with E-state index in [0.717, 1.165) is 12.8 Å². The maximum absolute atomic E-state index is 12.0. The van der Waals surface area contributed by atoms with Crippen molar-refractivity contribution in [2.45, 2.75) is 57.9 Å². The Balaban J connectivity index is 1.91. The van der Waals surface area contributed by atoms with Gasteiger partial charge in [0.15, 0.2) is 11.9 Å². The molecule has 0 aromatic carbocycles. The van der Waals surface area contributed by atoms with Crippen LogP contribution in [0.4, 0.5) is 0 Å². The molecule has 0 amide bonds. The van der Waals surface area contributed by atoms with Gasteiger partial charge in [0.25, 0.3) is 0 Å². The standard InChI is InChI=1S/C12H20O5/c1-4-5-6-14-11-9(13)10-8(7-15-11)16-12(2,3)17-10/h8,10-11H,4-7H2,1-3H3. The molecule has 98 valence electrons. The van der Waals surface area contributed by atoms with E-state index in [4.69, 9.17) is 18.9 Å². The van der Waals surface area contributed by atoms with Crippen LogP contribution in [0.1, 0.15) is 33.6 Å². The Labute approximate surface area is 101 Å². The van der Waals surface area contributed by atoms with Gasteiger partial charge in [-0.2, -0.15) is 0 Å². The van der Waals surface area contributed by atoms with Gasteiger partial charge in [0, 0.05) is 0 Å². The number of carbonyl (C=O) groups is 1. The number of hydrogen-bond donors (Lipinski definition) is 0. The Hall–Kier alpha value is -0.490. The van der Waals surface area contributed by atoms with Crippen molar-refractivity contribution < 1.29 is 23.7 Å². The number of unbranched alkanes of at least 4 members (excludes halogenated alkanes) is 1. The molecular formula is C12H20O5. The van der Waals surface area contributed by atoms with Crippen molar-refractivity contribution in [3.8, 4) is 0 Å². The summed E-state index contributed by atoms with van der Waals surface area (Å²) < 4.78 is 21.9. The predicted molar refractivity (Wildman–Crippen MR) is 59.4 cm³/mol. The Morgan fingerprint density at radius 3 is 2.88 bits per heavy atom. The van der Waals surface area contributed by atoms with E-state index >= 15 is 0 Å². The molecule has 0 aromatic rings. The van der Waals surface area contributed by atoms with Crippen LogP contribution in [0, 0.1) is 0 Å². The van der Waals surface area contributed by atoms with Gasteiger partial charge in [0.05, 0.1) is 13.2 Å². The molecule has 2 fully saturated rings. The summed E-state index contributed by atoms with van der Waals surface area (Å²) in [6, 6.07) is 0. The molecule has 2 heterocycles. The second-order valence-corrected chi connectivity index (χ2v) is 4.89. The van der Waals surface area contributed by atoms with Crippen molar-refractivity contribution in [2.75, 3.05) is 13.2 Å². The third-order valence-corrected chi connectivity index (χ3v) is 2.88. The Morgan fingerprint density at radius 1 is 1.41 bits per heavy atom. The van der Waals surface area contributed by atoms with Crippen molar-refractivity contribution in [1.82, 2.24) is 0 Å². The van der Waals surface area contributed by atoms with E-state index in [2.05, 4.69) is 6.92 Å². The van der Waals surface area contributed by atoms with E-state index in [1.54, 1.807) is 13.8 Å². The Kier molecular flexibility index (Phi) is 3.82. The van der Waals surface area contributed by atoms with Crippen LogP contribution in [0.15, 0.2) is 0 Å². The average molecular weight is 244 g/mol. The molecule has 17 heavy (non-hydrogen) atoms. The zero-order valence-electron chi connectivity index (χ0n) is 10.6. The molecule has 5 nitrogen and oxygen atoms in total. The van der Waals surface area contributed by atoms with Crippen LogP contribution in [0.3, 0.4) is 0 Å². The fourth-order valence-electron chi connectivity index (χ4n) is 2.06. The quantitative estimate of drug-likeness (QED) is 0.697. The molecule has 2 saturated heterocycles. The SMILES string of the molecule is CCCCOC1OCC2OC(C)(C)OC2C1=O. The number of hydrogen-bond acceptors (Lipinski definition) is 5. The van der Waals surface area contributed by atoms with Gasteiger partial charge in [-0.15, -0.1) is 0 Å². The highest BCUT2D eigenvalue weighted by molar-refractivity contribution is 5.87. The van der Waals surface area contributed by atoms with E-state index in [-0.39, 0.29) is 11.9 Å². The van der Waals surface area contributed by atoms with Gasteiger partial charge in [-0.25, -0.2) is 0 Å². The number of carbonyl (C=O) groups excluding carboxylic acids is 1. The van der Waals surface area contributed by atoms with Crippen LogP contribution in [0.25, 0.3) is 0 Å². The third-order valence-electron chi connectivity index (χ3n) is 2.88. The van der Waals surface area contributed by atoms with E-state index in [1.807, 2.05) is 0 Å². The van der Waals surface area contributed by atoms with Crippen molar-refractivity contribution in [2.24, 2.45) is 0 Å². The summed E-state index contributed by atoms with van der Waals surface area (Å²) in [5, 5.41) is 0. The fraction of sp³-hybridized carbons (Fsp3) is 0.917.